The molecule has 0 saturated carbocycles. The van der Waals surface area contributed by atoms with E-state index in [-0.39, 0.29) is 6.04 Å². The van der Waals surface area contributed by atoms with Crippen LogP contribution in [0.15, 0.2) is 30.3 Å². The molecule has 106 valence electrons. The average molecular weight is 353 g/mol. The lowest BCUT2D eigenvalue weighted by Gasteiger charge is -2.18. The normalized spacial score (nSPS) is 12.3. The summed E-state index contributed by atoms with van der Waals surface area (Å²) in [6.45, 7) is 1.88. The predicted octanol–water partition coefficient (Wildman–Crippen LogP) is 6.61. The number of benzene rings is 2. The Morgan fingerprint density at radius 2 is 1.70 bits per heavy atom. The quantitative estimate of drug-likeness (QED) is 0.612. The monoisotopic (exact) mass is 351 g/mol. The molecule has 1 nitrogen and oxygen atoms in total. The maximum atomic E-state index is 13.3. The summed E-state index contributed by atoms with van der Waals surface area (Å²) in [4.78, 5) is 0. The van der Waals surface area contributed by atoms with E-state index in [2.05, 4.69) is 5.32 Å². The molecule has 1 N–H and O–H groups in total. The van der Waals surface area contributed by atoms with Gasteiger partial charge in [-0.3, -0.25) is 0 Å². The van der Waals surface area contributed by atoms with E-state index < -0.39 is 5.82 Å². The van der Waals surface area contributed by atoms with E-state index in [0.717, 1.165) is 5.56 Å². The zero-order valence-corrected chi connectivity index (χ0v) is 13.4. The molecule has 0 fully saturated rings. The van der Waals surface area contributed by atoms with Crippen molar-refractivity contribution in [3.63, 3.8) is 0 Å². The maximum absolute atomic E-state index is 13.3. The van der Waals surface area contributed by atoms with Gasteiger partial charge < -0.3 is 5.32 Å². The minimum absolute atomic E-state index is 0.185. The summed E-state index contributed by atoms with van der Waals surface area (Å²) in [5.41, 5.74) is 1.33. The van der Waals surface area contributed by atoms with E-state index in [1.165, 1.54) is 12.1 Å². The highest BCUT2D eigenvalue weighted by molar-refractivity contribution is 6.48. The Bertz CT molecular complexity index is 625. The molecule has 20 heavy (non-hydrogen) atoms. The minimum atomic E-state index is -0.410. The molecule has 2 aromatic carbocycles. The molecule has 0 radical (unpaired) electrons. The summed E-state index contributed by atoms with van der Waals surface area (Å²) >= 11 is 23.9. The second-order valence-electron chi connectivity index (χ2n) is 4.29. The predicted molar refractivity (Wildman–Crippen MR) is 84.9 cm³/mol. The summed E-state index contributed by atoms with van der Waals surface area (Å²) < 4.78 is 13.3. The lowest BCUT2D eigenvalue weighted by molar-refractivity contribution is 0.628. The van der Waals surface area contributed by atoms with Crippen LogP contribution in [0.4, 0.5) is 10.1 Å². The van der Waals surface area contributed by atoms with Crippen molar-refractivity contribution in [3.8, 4) is 0 Å². The van der Waals surface area contributed by atoms with E-state index in [0.29, 0.717) is 25.8 Å². The summed E-state index contributed by atoms with van der Waals surface area (Å²) in [6, 6.07) is 7.48. The Kier molecular flexibility index (Phi) is 5.03. The third kappa shape index (κ3) is 3.50. The van der Waals surface area contributed by atoms with E-state index in [1.54, 1.807) is 18.2 Å². The topological polar surface area (TPSA) is 12.0 Å². The van der Waals surface area contributed by atoms with Crippen molar-refractivity contribution >= 4 is 52.1 Å². The fraction of sp³-hybridized carbons (Fsp3) is 0.143. The molecule has 0 spiro atoms. The van der Waals surface area contributed by atoms with Gasteiger partial charge in [-0.05, 0) is 36.8 Å². The lowest BCUT2D eigenvalue weighted by atomic mass is 10.1. The Labute approximate surface area is 136 Å². The molecule has 0 aliphatic rings. The molecule has 0 aliphatic heterocycles. The largest absolute Gasteiger partial charge is 0.378 e. The number of hydrogen-bond acceptors (Lipinski definition) is 1. The van der Waals surface area contributed by atoms with E-state index >= 15 is 0 Å². The standard InChI is InChI=1S/C14H10Cl4FN/c1-7(11-2-3-12(16)14(18)13(11)17)20-10-5-8(15)4-9(19)6-10/h2-7,20H,1H3. The summed E-state index contributed by atoms with van der Waals surface area (Å²) in [5, 5.41) is 4.51. The van der Waals surface area contributed by atoms with Crippen LogP contribution in [0.25, 0.3) is 0 Å². The summed E-state index contributed by atoms with van der Waals surface area (Å²) in [7, 11) is 0. The molecule has 2 aromatic rings. The Morgan fingerprint density at radius 3 is 2.35 bits per heavy atom. The van der Waals surface area contributed by atoms with Crippen LogP contribution in [0.5, 0.6) is 0 Å². The highest BCUT2D eigenvalue weighted by atomic mass is 35.5. The van der Waals surface area contributed by atoms with Crippen molar-refractivity contribution in [3.05, 3.63) is 61.8 Å². The molecule has 0 amide bonds. The molecular weight excluding hydrogens is 343 g/mol. The molecule has 6 heteroatoms. The number of rotatable bonds is 3. The smallest absolute Gasteiger partial charge is 0.126 e. The van der Waals surface area contributed by atoms with Gasteiger partial charge in [0, 0.05) is 10.7 Å². The third-order valence-electron chi connectivity index (χ3n) is 2.78. The van der Waals surface area contributed by atoms with Crippen molar-refractivity contribution in [1.82, 2.24) is 0 Å². The Hall–Kier alpha value is -0.670. The fourth-order valence-electron chi connectivity index (χ4n) is 1.84. The zero-order valence-electron chi connectivity index (χ0n) is 10.4. The molecule has 1 unspecified atom stereocenters. The number of hydrogen-bond donors (Lipinski definition) is 1. The molecule has 0 saturated heterocycles. The van der Waals surface area contributed by atoms with Gasteiger partial charge in [0.2, 0.25) is 0 Å². The van der Waals surface area contributed by atoms with Crippen LogP contribution in [0, 0.1) is 5.82 Å². The van der Waals surface area contributed by atoms with Gasteiger partial charge in [-0.25, -0.2) is 4.39 Å². The Morgan fingerprint density at radius 1 is 1.00 bits per heavy atom. The highest BCUT2D eigenvalue weighted by Crippen LogP contribution is 2.36. The van der Waals surface area contributed by atoms with Crippen LogP contribution < -0.4 is 5.32 Å². The van der Waals surface area contributed by atoms with Crippen molar-refractivity contribution < 1.29 is 4.39 Å². The molecule has 2 rings (SSSR count). The molecule has 0 aromatic heterocycles. The van der Waals surface area contributed by atoms with Gasteiger partial charge in [-0.1, -0.05) is 52.5 Å². The Balaban J connectivity index is 2.28. The van der Waals surface area contributed by atoms with Crippen LogP contribution in [0.3, 0.4) is 0 Å². The summed E-state index contributed by atoms with van der Waals surface area (Å²) in [5.74, 6) is -0.410. The number of halogens is 5. The first-order valence-electron chi connectivity index (χ1n) is 5.74. The number of anilines is 1. The van der Waals surface area contributed by atoms with Gasteiger partial charge in [0.15, 0.2) is 0 Å². The summed E-state index contributed by atoms with van der Waals surface area (Å²) in [6.07, 6.45) is 0. The first kappa shape index (κ1) is 15.7. The van der Waals surface area contributed by atoms with Crippen LogP contribution in [-0.2, 0) is 0 Å². The van der Waals surface area contributed by atoms with Crippen LogP contribution in [0.2, 0.25) is 20.1 Å². The van der Waals surface area contributed by atoms with E-state index in [1.807, 2.05) is 6.92 Å². The average Bonchev–Trinajstić information content (AvgIpc) is 2.34. The SMILES string of the molecule is CC(Nc1cc(F)cc(Cl)c1)c1ccc(Cl)c(Cl)c1Cl. The van der Waals surface area contributed by atoms with Crippen LogP contribution >= 0.6 is 46.4 Å². The first-order valence-corrected chi connectivity index (χ1v) is 7.25. The van der Waals surface area contributed by atoms with Gasteiger partial charge in [0.05, 0.1) is 21.1 Å². The maximum Gasteiger partial charge on any atom is 0.126 e. The van der Waals surface area contributed by atoms with Gasteiger partial charge in [0.1, 0.15) is 5.82 Å². The van der Waals surface area contributed by atoms with Gasteiger partial charge in [-0.2, -0.15) is 0 Å². The van der Waals surface area contributed by atoms with Crippen molar-refractivity contribution in [2.45, 2.75) is 13.0 Å². The first-order chi connectivity index (χ1) is 9.38. The third-order valence-corrected chi connectivity index (χ3v) is 4.30. The van der Waals surface area contributed by atoms with Crippen LogP contribution in [0.1, 0.15) is 18.5 Å². The van der Waals surface area contributed by atoms with Crippen molar-refractivity contribution in [1.29, 1.82) is 0 Å². The molecule has 1 atom stereocenters. The molecule has 0 heterocycles. The minimum Gasteiger partial charge on any atom is -0.378 e. The van der Waals surface area contributed by atoms with Crippen LogP contribution in [-0.4, -0.2) is 0 Å². The van der Waals surface area contributed by atoms with Gasteiger partial charge in [0.25, 0.3) is 0 Å². The van der Waals surface area contributed by atoms with Crippen molar-refractivity contribution in [2.75, 3.05) is 5.32 Å². The second kappa shape index (κ2) is 6.40. The lowest BCUT2D eigenvalue weighted by Crippen LogP contribution is -2.07. The molecule has 0 aliphatic carbocycles. The molecular formula is C14H10Cl4FN. The molecule has 0 bridgehead atoms. The fourth-order valence-corrected chi connectivity index (χ4v) is 2.77. The van der Waals surface area contributed by atoms with Gasteiger partial charge in [-0.15, -0.1) is 0 Å². The zero-order chi connectivity index (χ0) is 14.9. The van der Waals surface area contributed by atoms with Crippen molar-refractivity contribution in [2.24, 2.45) is 0 Å². The van der Waals surface area contributed by atoms with E-state index in [9.17, 15) is 4.39 Å². The van der Waals surface area contributed by atoms with Gasteiger partial charge >= 0.3 is 0 Å². The number of nitrogens with one attached hydrogen (secondary N) is 1. The second-order valence-corrected chi connectivity index (χ2v) is 5.89. The van der Waals surface area contributed by atoms with E-state index in [4.69, 9.17) is 46.4 Å². The highest BCUT2D eigenvalue weighted by Gasteiger charge is 2.14.